The smallest absolute Gasteiger partial charge is 0.126 e. The second-order valence-electron chi connectivity index (χ2n) is 4.10. The molecule has 0 fully saturated rings. The number of rotatable bonds is 10. The van der Waals surface area contributed by atoms with Crippen molar-refractivity contribution in [2.24, 2.45) is 0 Å². The fourth-order valence-electron chi connectivity index (χ4n) is 1.50. The molecule has 1 heterocycles. The van der Waals surface area contributed by atoms with Gasteiger partial charge in [0.05, 0.1) is 19.8 Å². The summed E-state index contributed by atoms with van der Waals surface area (Å²) in [5, 5.41) is 3.18. The van der Waals surface area contributed by atoms with Gasteiger partial charge in [-0.05, 0) is 31.0 Å². The maximum Gasteiger partial charge on any atom is 0.126 e. The lowest BCUT2D eigenvalue weighted by Gasteiger charge is -2.07. The number of pyridine rings is 1. The molecule has 0 aliphatic heterocycles. The lowest BCUT2D eigenvalue weighted by Crippen LogP contribution is -2.06. The van der Waals surface area contributed by atoms with Gasteiger partial charge in [-0.3, -0.25) is 0 Å². The van der Waals surface area contributed by atoms with Crippen LogP contribution in [0.3, 0.4) is 0 Å². The first-order valence-corrected chi connectivity index (χ1v) is 6.71. The van der Waals surface area contributed by atoms with E-state index in [1.807, 2.05) is 12.1 Å². The van der Waals surface area contributed by atoms with Crippen molar-refractivity contribution in [1.29, 1.82) is 0 Å². The van der Waals surface area contributed by atoms with Crippen LogP contribution in [0.5, 0.6) is 0 Å². The van der Waals surface area contributed by atoms with E-state index in [9.17, 15) is 0 Å². The number of unbranched alkanes of at least 4 members (excludes halogenated alkanes) is 1. The van der Waals surface area contributed by atoms with Gasteiger partial charge in [-0.15, -0.1) is 0 Å². The topological polar surface area (TPSA) is 43.4 Å². The van der Waals surface area contributed by atoms with Gasteiger partial charge in [-0.25, -0.2) is 4.98 Å². The lowest BCUT2D eigenvalue weighted by atomic mass is 10.3. The van der Waals surface area contributed by atoms with E-state index in [4.69, 9.17) is 9.47 Å². The molecular weight excluding hydrogens is 228 g/mol. The van der Waals surface area contributed by atoms with Crippen LogP contribution in [0.4, 0.5) is 5.82 Å². The van der Waals surface area contributed by atoms with Crippen LogP contribution in [0.2, 0.25) is 0 Å². The van der Waals surface area contributed by atoms with E-state index < -0.39 is 0 Å². The Morgan fingerprint density at radius 2 is 2.00 bits per heavy atom. The van der Waals surface area contributed by atoms with Gasteiger partial charge in [0.1, 0.15) is 5.82 Å². The summed E-state index contributed by atoms with van der Waals surface area (Å²) in [6.45, 7) is 7.84. The Hall–Kier alpha value is -1.13. The number of nitrogens with one attached hydrogen (secondary N) is 1. The van der Waals surface area contributed by atoms with Crippen LogP contribution in [-0.2, 0) is 16.1 Å². The monoisotopic (exact) mass is 252 g/mol. The highest BCUT2D eigenvalue weighted by Gasteiger charge is 1.97. The molecule has 1 aromatic heterocycles. The number of ether oxygens (including phenoxy) is 2. The van der Waals surface area contributed by atoms with Crippen molar-refractivity contribution < 1.29 is 9.47 Å². The van der Waals surface area contributed by atoms with Gasteiger partial charge in [0.15, 0.2) is 0 Å². The molecule has 0 unspecified atom stereocenters. The van der Waals surface area contributed by atoms with Gasteiger partial charge >= 0.3 is 0 Å². The van der Waals surface area contributed by atoms with E-state index in [0.29, 0.717) is 19.8 Å². The minimum Gasteiger partial charge on any atom is -0.379 e. The minimum atomic E-state index is 0.609. The zero-order valence-corrected chi connectivity index (χ0v) is 11.4. The van der Waals surface area contributed by atoms with Crippen LogP contribution in [0.1, 0.15) is 32.3 Å². The maximum absolute atomic E-state index is 5.55. The number of anilines is 1. The van der Waals surface area contributed by atoms with Crippen molar-refractivity contribution in [1.82, 2.24) is 4.98 Å². The van der Waals surface area contributed by atoms with Crippen LogP contribution in [0, 0.1) is 0 Å². The van der Waals surface area contributed by atoms with Crippen molar-refractivity contribution >= 4 is 5.82 Å². The second kappa shape index (κ2) is 9.85. The van der Waals surface area contributed by atoms with E-state index >= 15 is 0 Å². The highest BCUT2D eigenvalue weighted by molar-refractivity contribution is 5.36. The lowest BCUT2D eigenvalue weighted by molar-refractivity contribution is 0.0397. The van der Waals surface area contributed by atoms with E-state index in [1.54, 1.807) is 6.20 Å². The number of hydrogen-bond donors (Lipinski definition) is 1. The summed E-state index contributed by atoms with van der Waals surface area (Å²) in [6, 6.07) is 3.99. The van der Waals surface area contributed by atoms with Gasteiger partial charge in [-0.1, -0.05) is 13.3 Å². The minimum absolute atomic E-state index is 0.609. The molecule has 0 atom stereocenters. The van der Waals surface area contributed by atoms with E-state index in [1.165, 1.54) is 6.42 Å². The zero-order valence-electron chi connectivity index (χ0n) is 11.4. The van der Waals surface area contributed by atoms with Gasteiger partial charge in [0.25, 0.3) is 0 Å². The Labute approximate surface area is 110 Å². The molecule has 0 bridgehead atoms. The summed E-state index contributed by atoms with van der Waals surface area (Å²) in [5.41, 5.74) is 1.13. The van der Waals surface area contributed by atoms with Gasteiger partial charge in [-0.2, -0.15) is 0 Å². The molecule has 4 nitrogen and oxygen atoms in total. The molecule has 18 heavy (non-hydrogen) atoms. The van der Waals surface area contributed by atoms with Crippen LogP contribution in [0.15, 0.2) is 18.3 Å². The second-order valence-corrected chi connectivity index (χ2v) is 4.10. The molecule has 0 amide bonds. The number of nitrogens with zero attached hydrogens (tertiary/aromatic N) is 1. The molecule has 0 spiro atoms. The van der Waals surface area contributed by atoms with Crippen molar-refractivity contribution in [3.8, 4) is 0 Å². The molecule has 1 N–H and O–H groups in total. The third-order valence-electron chi connectivity index (χ3n) is 2.47. The highest BCUT2D eigenvalue weighted by Crippen LogP contribution is 2.07. The molecule has 102 valence electrons. The van der Waals surface area contributed by atoms with Crippen molar-refractivity contribution in [2.45, 2.75) is 33.3 Å². The molecular formula is C14H24N2O2. The molecule has 0 aliphatic carbocycles. The molecule has 4 heteroatoms. The normalized spacial score (nSPS) is 10.6. The summed E-state index contributed by atoms with van der Waals surface area (Å²) < 4.78 is 11.0. The first-order valence-electron chi connectivity index (χ1n) is 6.71. The van der Waals surface area contributed by atoms with Crippen LogP contribution in [-0.4, -0.2) is 31.3 Å². The standard InChI is InChI=1S/C14H24N2O2/c1-3-5-8-17-9-10-18-12-13-6-7-16-14(11-13)15-4-2/h6-7,11H,3-5,8-10,12H2,1-2H3,(H,15,16). The maximum atomic E-state index is 5.55. The summed E-state index contributed by atoms with van der Waals surface area (Å²) in [5.74, 6) is 0.901. The average Bonchev–Trinajstić information content (AvgIpc) is 2.39. The number of aromatic nitrogens is 1. The third-order valence-corrected chi connectivity index (χ3v) is 2.47. The van der Waals surface area contributed by atoms with E-state index in [2.05, 4.69) is 24.1 Å². The molecule has 0 saturated carbocycles. The number of hydrogen-bond acceptors (Lipinski definition) is 4. The first kappa shape index (κ1) is 14.9. The SMILES string of the molecule is CCCCOCCOCc1ccnc(NCC)c1. The van der Waals surface area contributed by atoms with Crippen LogP contribution in [0.25, 0.3) is 0 Å². The molecule has 0 radical (unpaired) electrons. The fraction of sp³-hybridized carbons (Fsp3) is 0.643. The largest absolute Gasteiger partial charge is 0.379 e. The quantitative estimate of drug-likeness (QED) is 0.650. The van der Waals surface area contributed by atoms with E-state index in [0.717, 1.165) is 31.0 Å². The third kappa shape index (κ3) is 6.57. The van der Waals surface area contributed by atoms with Gasteiger partial charge in [0.2, 0.25) is 0 Å². The zero-order chi connectivity index (χ0) is 13.1. The van der Waals surface area contributed by atoms with Crippen molar-refractivity contribution in [2.75, 3.05) is 31.7 Å². The Morgan fingerprint density at radius 3 is 2.78 bits per heavy atom. The predicted octanol–water partition coefficient (Wildman–Crippen LogP) is 2.85. The van der Waals surface area contributed by atoms with Crippen molar-refractivity contribution in [3.63, 3.8) is 0 Å². The molecule has 1 aromatic rings. The highest BCUT2D eigenvalue weighted by atomic mass is 16.5. The molecule has 1 rings (SSSR count). The summed E-state index contributed by atoms with van der Waals surface area (Å²) in [7, 11) is 0. The Balaban J connectivity index is 2.13. The first-order chi connectivity index (χ1) is 8.86. The van der Waals surface area contributed by atoms with Crippen molar-refractivity contribution in [3.05, 3.63) is 23.9 Å². The fourth-order valence-corrected chi connectivity index (χ4v) is 1.50. The summed E-state index contributed by atoms with van der Waals surface area (Å²) >= 11 is 0. The Morgan fingerprint density at radius 1 is 1.17 bits per heavy atom. The Bertz CT molecular complexity index is 318. The van der Waals surface area contributed by atoms with Gasteiger partial charge in [0, 0.05) is 19.3 Å². The molecule has 0 aromatic carbocycles. The van der Waals surface area contributed by atoms with Crippen LogP contribution >= 0.6 is 0 Å². The van der Waals surface area contributed by atoms with E-state index in [-0.39, 0.29) is 0 Å². The average molecular weight is 252 g/mol. The summed E-state index contributed by atoms with van der Waals surface area (Å²) in [4.78, 5) is 4.22. The predicted molar refractivity (Wildman–Crippen MR) is 73.8 cm³/mol. The van der Waals surface area contributed by atoms with Crippen LogP contribution < -0.4 is 5.32 Å². The molecule has 0 aliphatic rings. The summed E-state index contributed by atoms with van der Waals surface area (Å²) in [6.07, 6.45) is 4.09. The molecule has 0 saturated heterocycles. The Kier molecular flexibility index (Phi) is 8.17. The van der Waals surface area contributed by atoms with Gasteiger partial charge < -0.3 is 14.8 Å².